The van der Waals surface area contributed by atoms with Crippen molar-refractivity contribution in [3.05, 3.63) is 81.6 Å². The predicted octanol–water partition coefficient (Wildman–Crippen LogP) is 5.67. The second-order valence-electron chi connectivity index (χ2n) is 10.1. The highest BCUT2D eigenvalue weighted by Crippen LogP contribution is 2.31. The maximum Gasteiger partial charge on any atom is 0.257 e. The lowest BCUT2D eigenvalue weighted by molar-refractivity contribution is 0.102. The minimum atomic E-state index is -0.0785. The number of carbonyl (C=O) groups is 2. The molecule has 5 rings (SSSR count). The summed E-state index contributed by atoms with van der Waals surface area (Å²) < 4.78 is 0. The molecule has 3 heterocycles. The fourth-order valence-electron chi connectivity index (χ4n) is 4.57. The molecule has 0 radical (unpaired) electrons. The smallest absolute Gasteiger partial charge is 0.257 e. The lowest BCUT2D eigenvalue weighted by Crippen LogP contribution is -2.32. The zero-order chi connectivity index (χ0) is 28.5. The topological polar surface area (TPSA) is 91.3 Å². The first-order valence-corrected chi connectivity index (χ1v) is 15.1. The van der Waals surface area contributed by atoms with Crippen molar-refractivity contribution in [3.63, 3.8) is 0 Å². The maximum atomic E-state index is 12.7. The van der Waals surface area contributed by atoms with Crippen molar-refractivity contribution in [1.82, 2.24) is 24.8 Å². The first-order valence-electron chi connectivity index (χ1n) is 13.4. The molecular formula is C30H36N6O2S2. The molecule has 0 fully saturated rings. The van der Waals surface area contributed by atoms with E-state index in [1.54, 1.807) is 29.1 Å². The summed E-state index contributed by atoms with van der Waals surface area (Å²) in [6.07, 6.45) is 8.45. The minimum Gasteiger partial charge on any atom is -0.306 e. The lowest BCUT2D eigenvalue weighted by Gasteiger charge is -2.27. The van der Waals surface area contributed by atoms with Crippen LogP contribution < -0.4 is 5.32 Å². The number of nitrogens with one attached hydrogen (secondary N) is 1. The van der Waals surface area contributed by atoms with Gasteiger partial charge in [0.05, 0.1) is 5.69 Å². The average molecular weight is 577 g/mol. The summed E-state index contributed by atoms with van der Waals surface area (Å²) in [7, 11) is 6.37. The van der Waals surface area contributed by atoms with E-state index in [1.165, 1.54) is 16.2 Å². The van der Waals surface area contributed by atoms with Gasteiger partial charge in [-0.2, -0.15) is 0 Å². The Morgan fingerprint density at radius 1 is 1.18 bits per heavy atom. The summed E-state index contributed by atoms with van der Waals surface area (Å²) in [5.74, 6) is -0.0785. The molecule has 1 unspecified atom stereocenters. The average Bonchev–Trinajstić information content (AvgIpc) is 3.60. The molecule has 0 bridgehead atoms. The summed E-state index contributed by atoms with van der Waals surface area (Å²) in [6.45, 7) is 4.08. The van der Waals surface area contributed by atoms with Gasteiger partial charge >= 0.3 is 0 Å². The number of anilines is 1. The van der Waals surface area contributed by atoms with Crippen molar-refractivity contribution < 1.29 is 9.59 Å². The van der Waals surface area contributed by atoms with Gasteiger partial charge in [-0.05, 0) is 83.2 Å². The fourth-order valence-corrected chi connectivity index (χ4v) is 6.40. The third-order valence-corrected chi connectivity index (χ3v) is 8.61. The van der Waals surface area contributed by atoms with Gasteiger partial charge in [-0.1, -0.05) is 19.1 Å². The van der Waals surface area contributed by atoms with E-state index in [1.807, 2.05) is 30.3 Å². The second kappa shape index (κ2) is 14.4. The molecule has 40 heavy (non-hydrogen) atoms. The van der Waals surface area contributed by atoms with Crippen molar-refractivity contribution in [2.45, 2.75) is 45.2 Å². The Morgan fingerprint density at radius 2 is 2.02 bits per heavy atom. The number of pyridine rings is 1. The summed E-state index contributed by atoms with van der Waals surface area (Å²) in [4.78, 5) is 41.7. The maximum absolute atomic E-state index is 12.7. The summed E-state index contributed by atoms with van der Waals surface area (Å²) in [5, 5.41) is 6.29. The van der Waals surface area contributed by atoms with Crippen LogP contribution in [0.5, 0.6) is 0 Å². The first-order chi connectivity index (χ1) is 19.4. The number of aldehydes is 1. The van der Waals surface area contributed by atoms with Crippen LogP contribution in [-0.4, -0.2) is 70.7 Å². The number of nitrogens with zero attached hydrogens (tertiary/aromatic N) is 5. The van der Waals surface area contributed by atoms with Crippen LogP contribution in [0.3, 0.4) is 0 Å². The van der Waals surface area contributed by atoms with Gasteiger partial charge in [0.2, 0.25) is 0 Å². The molecule has 1 aliphatic carbocycles. The van der Waals surface area contributed by atoms with Crippen molar-refractivity contribution in [1.29, 1.82) is 0 Å². The third-order valence-electron chi connectivity index (χ3n) is 6.66. The van der Waals surface area contributed by atoms with E-state index in [2.05, 4.69) is 64.2 Å². The summed E-state index contributed by atoms with van der Waals surface area (Å²) in [6, 6.07) is 12.2. The molecule has 0 aliphatic heterocycles. The van der Waals surface area contributed by atoms with Crippen LogP contribution in [0.2, 0.25) is 0 Å². The number of aryl methyl sites for hydroxylation is 1. The number of benzene rings is 1. The second-order valence-corrected chi connectivity index (χ2v) is 12.0. The largest absolute Gasteiger partial charge is 0.306 e. The molecule has 210 valence electrons. The Balaban J connectivity index is 0.000000236. The molecule has 8 nitrogen and oxygen atoms in total. The first kappa shape index (κ1) is 29.7. The molecule has 10 heteroatoms. The summed E-state index contributed by atoms with van der Waals surface area (Å²) in [5.41, 5.74) is 4.43. The highest BCUT2D eigenvalue weighted by atomic mass is 32.1. The number of thiazole rings is 2. The Labute approximate surface area is 244 Å². The van der Waals surface area contributed by atoms with Gasteiger partial charge in [0, 0.05) is 46.4 Å². The Morgan fingerprint density at radius 3 is 2.73 bits per heavy atom. The van der Waals surface area contributed by atoms with Gasteiger partial charge < -0.3 is 9.80 Å². The normalized spacial score (nSPS) is 14.4. The van der Waals surface area contributed by atoms with E-state index in [0.717, 1.165) is 72.0 Å². The van der Waals surface area contributed by atoms with Crippen LogP contribution in [0, 0.1) is 0 Å². The molecule has 1 atom stereocenters. The predicted molar refractivity (Wildman–Crippen MR) is 163 cm³/mol. The fraction of sp³-hybridized carbons (Fsp3) is 0.367. The number of amides is 1. The molecule has 0 saturated carbocycles. The van der Waals surface area contributed by atoms with E-state index in [-0.39, 0.29) is 5.91 Å². The molecule has 0 spiro atoms. The number of hydrogen-bond acceptors (Lipinski definition) is 9. The molecule has 1 aliphatic rings. The van der Waals surface area contributed by atoms with E-state index < -0.39 is 0 Å². The highest BCUT2D eigenvalue weighted by molar-refractivity contribution is 7.16. The van der Waals surface area contributed by atoms with Crippen molar-refractivity contribution in [3.8, 4) is 10.6 Å². The highest BCUT2D eigenvalue weighted by Gasteiger charge is 2.24. The molecule has 0 saturated heterocycles. The van der Waals surface area contributed by atoms with Gasteiger partial charge in [-0.25, -0.2) is 9.97 Å². The number of rotatable bonds is 9. The molecule has 1 aromatic carbocycles. The van der Waals surface area contributed by atoms with Crippen LogP contribution in [0.15, 0.2) is 54.2 Å². The number of fused-ring (bicyclic) bond motifs is 1. The van der Waals surface area contributed by atoms with E-state index in [9.17, 15) is 9.59 Å². The molecular weight excluding hydrogens is 541 g/mol. The third kappa shape index (κ3) is 8.11. The number of aromatic nitrogens is 3. The van der Waals surface area contributed by atoms with Gasteiger partial charge in [-0.15, -0.1) is 22.7 Å². The van der Waals surface area contributed by atoms with E-state index in [0.29, 0.717) is 17.3 Å². The monoisotopic (exact) mass is 576 g/mol. The lowest BCUT2D eigenvalue weighted by atomic mass is 9.97. The van der Waals surface area contributed by atoms with E-state index >= 15 is 0 Å². The van der Waals surface area contributed by atoms with Crippen molar-refractivity contribution in [2.24, 2.45) is 0 Å². The van der Waals surface area contributed by atoms with Crippen LogP contribution in [0.4, 0.5) is 5.13 Å². The molecule has 1 amide bonds. The zero-order valence-corrected chi connectivity index (χ0v) is 25.1. The minimum absolute atomic E-state index is 0.0785. The van der Waals surface area contributed by atoms with Gasteiger partial charge in [0.15, 0.2) is 11.4 Å². The summed E-state index contributed by atoms with van der Waals surface area (Å²) >= 11 is 3.07. The van der Waals surface area contributed by atoms with E-state index in [4.69, 9.17) is 0 Å². The molecule has 4 aromatic rings. The van der Waals surface area contributed by atoms with Crippen molar-refractivity contribution >= 4 is 40.0 Å². The standard InChI is InChI=1S/C21H30N4OS.C9H6N2OS/c1-5-11-25(4)14-15-7-6-8-16(12-15)20(26)23-21-22-18-10-9-17(24(2)3)13-19(18)27-21;12-5-8-6-13-9(11-8)7-2-1-3-10-4-7/h6-8,12,17H,5,9-11,13-14H2,1-4H3,(H,22,23,26);1-6H. The van der Waals surface area contributed by atoms with Crippen LogP contribution >= 0.6 is 22.7 Å². The Bertz CT molecular complexity index is 1400. The molecule has 3 aromatic heterocycles. The van der Waals surface area contributed by atoms with Gasteiger partial charge in [0.1, 0.15) is 10.7 Å². The van der Waals surface area contributed by atoms with Crippen LogP contribution in [-0.2, 0) is 19.4 Å². The Hall–Kier alpha value is -3.31. The van der Waals surface area contributed by atoms with Gasteiger partial charge in [-0.3, -0.25) is 19.9 Å². The van der Waals surface area contributed by atoms with Gasteiger partial charge in [0.25, 0.3) is 5.91 Å². The SMILES string of the molecule is CCCN(C)Cc1cccc(C(=O)Nc2nc3c(s2)CC(N(C)C)CC3)c1.O=Cc1csc(-c2cccnc2)n1. The zero-order valence-electron chi connectivity index (χ0n) is 23.5. The van der Waals surface area contributed by atoms with Crippen molar-refractivity contribution in [2.75, 3.05) is 33.0 Å². The molecule has 1 N–H and O–H groups in total. The number of hydrogen-bond donors (Lipinski definition) is 1. The van der Waals surface area contributed by atoms with Crippen LogP contribution in [0.1, 0.15) is 56.7 Å². The number of carbonyl (C=O) groups excluding carboxylic acids is 2. The Kier molecular flexibility index (Phi) is 10.7. The van der Waals surface area contributed by atoms with Crippen LogP contribution in [0.25, 0.3) is 10.6 Å². The number of likely N-dealkylation sites (N-methyl/N-ethyl adjacent to an activating group) is 1. The quantitative estimate of drug-likeness (QED) is 0.257.